The van der Waals surface area contributed by atoms with Crippen LogP contribution in [0.1, 0.15) is 11.1 Å². The Morgan fingerprint density at radius 1 is 0.963 bits per heavy atom. The second-order valence-corrected chi connectivity index (χ2v) is 8.60. The molecule has 0 amide bonds. The monoisotopic (exact) mass is 408 g/mol. The molecule has 144 valence electrons. The minimum atomic E-state index is -1.56. The lowest BCUT2D eigenvalue weighted by molar-refractivity contribution is 0.373. The van der Waals surface area contributed by atoms with E-state index in [-0.39, 0.29) is 22.3 Å². The minimum Gasteiger partial charge on any atom is -0.504 e. The number of phenols is 2. The molecular weight excluding hydrogens is 388 g/mol. The number of aromatic hydroxyl groups is 2. The number of aryl methyl sites for hydroxylation is 1. The summed E-state index contributed by atoms with van der Waals surface area (Å²) >= 11 is 0. The second-order valence-electron chi connectivity index (χ2n) is 5.48. The molecule has 8 heteroatoms. The standard InChI is InChI=1S/C19H20O6S2/c1-24-18-11-14(3-5-16(18)20)7-9-26(22)13-27(23)10-8-15-4-6-17(21)19(12-15)25-2/h3-6,11-12,20-21H,7,9,13H2,1-2H3. The number of benzene rings is 2. The number of rotatable bonds is 7. The molecule has 0 aromatic heterocycles. The summed E-state index contributed by atoms with van der Waals surface area (Å²) in [5.74, 6) is 3.73. The molecule has 0 fully saturated rings. The molecule has 0 radical (unpaired) electrons. The van der Waals surface area contributed by atoms with Crippen molar-refractivity contribution in [3.8, 4) is 34.2 Å². The Kier molecular flexibility index (Phi) is 7.70. The molecule has 0 aliphatic heterocycles. The summed E-state index contributed by atoms with van der Waals surface area (Å²) in [4.78, 5) is 0. The first-order chi connectivity index (χ1) is 12.9. The molecule has 2 aromatic rings. The third-order valence-electron chi connectivity index (χ3n) is 3.59. The van der Waals surface area contributed by atoms with Crippen molar-refractivity contribution in [2.45, 2.75) is 6.42 Å². The summed E-state index contributed by atoms with van der Waals surface area (Å²) in [6.45, 7) is 0. The van der Waals surface area contributed by atoms with E-state index in [0.717, 1.165) is 5.56 Å². The zero-order valence-electron chi connectivity index (χ0n) is 14.9. The van der Waals surface area contributed by atoms with E-state index in [1.165, 1.54) is 32.4 Å². The van der Waals surface area contributed by atoms with Crippen LogP contribution in [0.15, 0.2) is 36.4 Å². The molecule has 0 aliphatic rings. The normalized spacial score (nSPS) is 12.5. The predicted octanol–water partition coefficient (Wildman–Crippen LogP) is 2.12. The van der Waals surface area contributed by atoms with Gasteiger partial charge in [0.2, 0.25) is 0 Å². The van der Waals surface area contributed by atoms with Gasteiger partial charge >= 0.3 is 0 Å². The van der Waals surface area contributed by atoms with E-state index < -0.39 is 21.6 Å². The van der Waals surface area contributed by atoms with Gasteiger partial charge in [-0.25, -0.2) is 4.21 Å². The maximum Gasteiger partial charge on any atom is 0.161 e. The molecule has 0 spiro atoms. The Labute approximate surface area is 163 Å². The predicted molar refractivity (Wildman–Crippen MR) is 106 cm³/mol. The van der Waals surface area contributed by atoms with Gasteiger partial charge < -0.3 is 19.7 Å². The van der Waals surface area contributed by atoms with Crippen LogP contribution in [0, 0.1) is 11.2 Å². The molecule has 0 heterocycles. The van der Waals surface area contributed by atoms with Crippen molar-refractivity contribution in [3.63, 3.8) is 0 Å². The molecular formula is C19H20O6S2. The average Bonchev–Trinajstić information content (AvgIpc) is 2.66. The van der Waals surface area contributed by atoms with Gasteiger partial charge in [0.05, 0.1) is 14.2 Å². The fourth-order valence-corrected chi connectivity index (χ4v) is 4.55. The molecule has 2 rings (SSSR count). The summed E-state index contributed by atoms with van der Waals surface area (Å²) in [7, 11) is 0.0246. The molecule has 2 atom stereocenters. The first-order valence-corrected chi connectivity index (χ1v) is 10.7. The highest BCUT2D eigenvalue weighted by molar-refractivity contribution is 8.04. The van der Waals surface area contributed by atoms with Gasteiger partial charge in [-0.3, -0.25) is 4.21 Å². The molecule has 2 unspecified atom stereocenters. The van der Waals surface area contributed by atoms with E-state index >= 15 is 0 Å². The lowest BCUT2D eigenvalue weighted by atomic mass is 10.1. The zero-order valence-corrected chi connectivity index (χ0v) is 16.6. The maximum absolute atomic E-state index is 12.1. The van der Waals surface area contributed by atoms with Crippen molar-refractivity contribution in [2.24, 2.45) is 0 Å². The fraction of sp³-hybridized carbons (Fsp3) is 0.263. The lowest BCUT2D eigenvalue weighted by Gasteiger charge is -2.06. The fourth-order valence-electron chi connectivity index (χ4n) is 2.19. The Morgan fingerprint density at radius 2 is 1.59 bits per heavy atom. The van der Waals surface area contributed by atoms with Crippen molar-refractivity contribution in [1.82, 2.24) is 0 Å². The topological polar surface area (TPSA) is 93.1 Å². The van der Waals surface area contributed by atoms with Gasteiger partial charge in [-0.15, -0.1) is 0 Å². The van der Waals surface area contributed by atoms with Crippen LogP contribution < -0.4 is 9.47 Å². The first-order valence-electron chi connectivity index (χ1n) is 7.91. The van der Waals surface area contributed by atoms with Crippen molar-refractivity contribution in [2.75, 3.05) is 25.1 Å². The first kappa shape index (κ1) is 20.8. The number of phenolic OH excluding ortho intramolecular Hbond substituents is 2. The van der Waals surface area contributed by atoms with E-state index in [2.05, 4.69) is 11.2 Å². The summed E-state index contributed by atoms with van der Waals surface area (Å²) in [6, 6.07) is 9.49. The highest BCUT2D eigenvalue weighted by Crippen LogP contribution is 2.27. The molecule has 0 saturated heterocycles. The summed E-state index contributed by atoms with van der Waals surface area (Å²) in [5.41, 5.74) is 1.41. The van der Waals surface area contributed by atoms with Gasteiger partial charge in [0.15, 0.2) is 23.0 Å². The Hall–Kier alpha value is -2.50. The van der Waals surface area contributed by atoms with Gasteiger partial charge in [-0.2, -0.15) is 0 Å². The summed E-state index contributed by atoms with van der Waals surface area (Å²) in [5, 5.41) is 21.6. The van der Waals surface area contributed by atoms with E-state index in [1.807, 2.05) is 0 Å². The van der Waals surface area contributed by atoms with Gasteiger partial charge in [0, 0.05) is 27.4 Å². The SMILES string of the molecule is COc1cc(C#CS(=O)CS(=O)CCc2ccc(O)c(OC)c2)ccc1O. The number of methoxy groups -OCH3 is 2. The maximum atomic E-state index is 12.1. The second kappa shape index (κ2) is 10.00. The van der Waals surface area contributed by atoms with Gasteiger partial charge in [-0.1, -0.05) is 12.0 Å². The van der Waals surface area contributed by atoms with Crippen LogP contribution >= 0.6 is 0 Å². The van der Waals surface area contributed by atoms with Crippen molar-refractivity contribution in [1.29, 1.82) is 0 Å². The molecule has 0 saturated carbocycles. The van der Waals surface area contributed by atoms with Crippen LogP contribution in [0.3, 0.4) is 0 Å². The molecule has 27 heavy (non-hydrogen) atoms. The van der Waals surface area contributed by atoms with Gasteiger partial charge in [0.25, 0.3) is 0 Å². The highest BCUT2D eigenvalue weighted by Gasteiger charge is 2.08. The Bertz CT molecular complexity index is 914. The third kappa shape index (κ3) is 6.31. The van der Waals surface area contributed by atoms with Crippen LogP contribution in [-0.4, -0.2) is 43.7 Å². The van der Waals surface area contributed by atoms with Crippen LogP contribution in [0.2, 0.25) is 0 Å². The van der Waals surface area contributed by atoms with Crippen molar-refractivity contribution >= 4 is 21.6 Å². The Morgan fingerprint density at radius 3 is 2.26 bits per heavy atom. The van der Waals surface area contributed by atoms with Crippen LogP contribution in [0.5, 0.6) is 23.0 Å². The highest BCUT2D eigenvalue weighted by atomic mass is 32.2. The number of ether oxygens (including phenoxy) is 2. The third-order valence-corrected chi connectivity index (χ3v) is 6.49. The molecule has 0 aliphatic carbocycles. The van der Waals surface area contributed by atoms with Crippen molar-refractivity contribution in [3.05, 3.63) is 47.5 Å². The van der Waals surface area contributed by atoms with Crippen LogP contribution in [-0.2, 0) is 28.0 Å². The quantitative estimate of drug-likeness (QED) is 0.682. The minimum absolute atomic E-state index is 0.00358. The average molecular weight is 408 g/mol. The molecule has 6 nitrogen and oxygen atoms in total. The van der Waals surface area contributed by atoms with Crippen LogP contribution in [0.4, 0.5) is 0 Å². The van der Waals surface area contributed by atoms with E-state index in [1.54, 1.807) is 18.2 Å². The molecule has 0 bridgehead atoms. The lowest BCUT2D eigenvalue weighted by Crippen LogP contribution is -2.08. The van der Waals surface area contributed by atoms with E-state index in [0.29, 0.717) is 23.5 Å². The van der Waals surface area contributed by atoms with Crippen molar-refractivity contribution < 1.29 is 28.1 Å². The van der Waals surface area contributed by atoms with Gasteiger partial charge in [-0.05, 0) is 42.3 Å². The molecule has 2 N–H and O–H groups in total. The largest absolute Gasteiger partial charge is 0.504 e. The van der Waals surface area contributed by atoms with Crippen LogP contribution in [0.25, 0.3) is 0 Å². The van der Waals surface area contributed by atoms with Gasteiger partial charge in [0.1, 0.15) is 15.9 Å². The number of hydrogen-bond donors (Lipinski definition) is 2. The Balaban J connectivity index is 1.90. The number of hydrogen-bond acceptors (Lipinski definition) is 6. The zero-order chi connectivity index (χ0) is 19.8. The molecule has 2 aromatic carbocycles. The smallest absolute Gasteiger partial charge is 0.161 e. The van der Waals surface area contributed by atoms with E-state index in [4.69, 9.17) is 9.47 Å². The van der Waals surface area contributed by atoms with E-state index in [9.17, 15) is 18.6 Å². The summed E-state index contributed by atoms with van der Waals surface area (Å²) < 4.78 is 34.2. The summed E-state index contributed by atoms with van der Waals surface area (Å²) in [6.07, 6.45) is 0.503.